The third kappa shape index (κ3) is 4.27. The van der Waals surface area contributed by atoms with Crippen molar-refractivity contribution in [2.45, 2.75) is 20.8 Å². The van der Waals surface area contributed by atoms with Crippen molar-refractivity contribution < 1.29 is 28.7 Å². The first-order valence-corrected chi connectivity index (χ1v) is 10.2. The van der Waals surface area contributed by atoms with E-state index < -0.39 is 29.6 Å². The smallest absolute Gasteiger partial charge is 0.337 e. The molecule has 1 saturated heterocycles. The van der Waals surface area contributed by atoms with E-state index in [-0.39, 0.29) is 4.91 Å². The summed E-state index contributed by atoms with van der Waals surface area (Å²) < 4.78 is 11.3. The highest BCUT2D eigenvalue weighted by Crippen LogP contribution is 2.34. The van der Waals surface area contributed by atoms with Gasteiger partial charge < -0.3 is 14.0 Å². The van der Waals surface area contributed by atoms with Crippen molar-refractivity contribution >= 4 is 40.9 Å². The van der Waals surface area contributed by atoms with Crippen LogP contribution in [0.25, 0.3) is 11.8 Å². The zero-order valence-electron chi connectivity index (χ0n) is 17.8. The van der Waals surface area contributed by atoms with Crippen LogP contribution in [-0.2, 0) is 19.1 Å². The molecule has 2 amide bonds. The van der Waals surface area contributed by atoms with Crippen LogP contribution >= 0.6 is 11.8 Å². The highest BCUT2D eigenvalue weighted by atomic mass is 32.2. The van der Waals surface area contributed by atoms with Crippen molar-refractivity contribution in [1.29, 1.82) is 0 Å². The Morgan fingerprint density at radius 2 is 1.77 bits per heavy atom. The Hall–Kier alpha value is -3.33. The zero-order chi connectivity index (χ0) is 22.9. The molecule has 162 valence electrons. The second-order valence-corrected chi connectivity index (χ2v) is 7.99. The fourth-order valence-corrected chi connectivity index (χ4v) is 4.26. The number of carbonyl (C=O) groups excluding carboxylic acids is 4. The van der Waals surface area contributed by atoms with Crippen molar-refractivity contribution in [1.82, 2.24) is 9.47 Å². The Balaban J connectivity index is 1.96. The van der Waals surface area contributed by atoms with Gasteiger partial charge in [-0.2, -0.15) is 0 Å². The lowest BCUT2D eigenvalue weighted by Gasteiger charge is -2.14. The molecular formula is C22H22N2O6S. The van der Waals surface area contributed by atoms with Crippen LogP contribution in [0.15, 0.2) is 29.2 Å². The first kappa shape index (κ1) is 22.4. The van der Waals surface area contributed by atoms with E-state index >= 15 is 0 Å². The lowest BCUT2D eigenvalue weighted by Crippen LogP contribution is -2.34. The fourth-order valence-electron chi connectivity index (χ4n) is 3.43. The van der Waals surface area contributed by atoms with Gasteiger partial charge in [-0.3, -0.25) is 19.3 Å². The van der Waals surface area contributed by atoms with Crippen LogP contribution in [-0.4, -0.2) is 53.3 Å². The lowest BCUT2D eigenvalue weighted by atomic mass is 10.1. The number of aryl methyl sites for hydroxylation is 2. The largest absolute Gasteiger partial charge is 0.468 e. The summed E-state index contributed by atoms with van der Waals surface area (Å²) in [5.74, 6) is -1.59. The molecule has 1 aromatic carbocycles. The lowest BCUT2D eigenvalue weighted by molar-refractivity contribution is -0.143. The number of methoxy groups -OCH3 is 2. The average Bonchev–Trinajstić information content (AvgIpc) is 3.16. The molecule has 0 radical (unpaired) electrons. The van der Waals surface area contributed by atoms with Crippen molar-refractivity contribution in [2.75, 3.05) is 20.8 Å². The molecule has 31 heavy (non-hydrogen) atoms. The molecule has 0 saturated carbocycles. The predicted molar refractivity (Wildman–Crippen MR) is 116 cm³/mol. The topological polar surface area (TPSA) is 94.9 Å². The van der Waals surface area contributed by atoms with Gasteiger partial charge in [0.05, 0.1) is 24.7 Å². The van der Waals surface area contributed by atoms with Crippen molar-refractivity contribution in [3.05, 3.63) is 57.2 Å². The van der Waals surface area contributed by atoms with Crippen molar-refractivity contribution in [3.63, 3.8) is 0 Å². The zero-order valence-corrected chi connectivity index (χ0v) is 18.7. The van der Waals surface area contributed by atoms with Crippen LogP contribution in [0, 0.1) is 20.8 Å². The minimum atomic E-state index is -0.660. The van der Waals surface area contributed by atoms with E-state index in [9.17, 15) is 19.2 Å². The number of hydrogen-bond acceptors (Lipinski definition) is 7. The number of benzene rings is 1. The molecule has 0 spiro atoms. The molecule has 1 aliphatic heterocycles. The summed E-state index contributed by atoms with van der Waals surface area (Å²) >= 11 is 0.790. The first-order chi connectivity index (χ1) is 14.7. The van der Waals surface area contributed by atoms with Crippen LogP contribution in [0.1, 0.15) is 32.9 Å². The van der Waals surface area contributed by atoms with E-state index in [4.69, 9.17) is 4.74 Å². The number of esters is 2. The standard InChI is InChI=1S/C22H22N2O6S/c1-12-8-15(21(27)30-5)6-7-17(12)24-13(2)9-16(14(24)3)10-18-20(26)23(22(28)31-18)11-19(25)29-4/h6-10H,11H2,1-5H3. The van der Waals surface area contributed by atoms with Gasteiger partial charge in [0.25, 0.3) is 11.1 Å². The number of nitrogens with zero attached hydrogens (tertiary/aromatic N) is 2. The Bertz CT molecular complexity index is 1130. The molecule has 9 heteroatoms. The van der Waals surface area contributed by atoms with E-state index in [2.05, 4.69) is 4.74 Å². The summed E-state index contributed by atoms with van der Waals surface area (Å²) in [4.78, 5) is 49.1. The molecule has 2 aromatic rings. The molecule has 8 nitrogen and oxygen atoms in total. The van der Waals surface area contributed by atoms with Crippen molar-refractivity contribution in [3.8, 4) is 5.69 Å². The maximum atomic E-state index is 12.6. The minimum absolute atomic E-state index is 0.243. The maximum absolute atomic E-state index is 12.6. The van der Waals surface area contributed by atoms with Crippen molar-refractivity contribution in [2.24, 2.45) is 0 Å². The Morgan fingerprint density at radius 3 is 2.39 bits per heavy atom. The molecule has 0 bridgehead atoms. The third-order valence-corrected chi connectivity index (χ3v) is 5.91. The predicted octanol–water partition coefficient (Wildman–Crippen LogP) is 3.40. The Morgan fingerprint density at radius 1 is 1.06 bits per heavy atom. The number of amides is 2. The number of carbonyl (C=O) groups is 4. The van der Waals surface area contributed by atoms with Gasteiger partial charge in [0.15, 0.2) is 0 Å². The van der Waals surface area contributed by atoms with E-state index in [1.807, 2.05) is 37.5 Å². The van der Waals surface area contributed by atoms with E-state index in [0.29, 0.717) is 5.56 Å². The summed E-state index contributed by atoms with van der Waals surface area (Å²) in [7, 11) is 2.54. The van der Waals surface area contributed by atoms with Crippen LogP contribution in [0.4, 0.5) is 4.79 Å². The maximum Gasteiger partial charge on any atom is 0.337 e. The van der Waals surface area contributed by atoms with Gasteiger partial charge in [0.2, 0.25) is 0 Å². The number of hydrogen-bond donors (Lipinski definition) is 0. The van der Waals surface area contributed by atoms with Crippen LogP contribution in [0.5, 0.6) is 0 Å². The number of ether oxygens (including phenoxy) is 2. The van der Waals surface area contributed by atoms with Gasteiger partial charge in [-0.1, -0.05) is 0 Å². The quantitative estimate of drug-likeness (QED) is 0.517. The second-order valence-electron chi connectivity index (χ2n) is 7.00. The third-order valence-electron chi connectivity index (χ3n) is 5.00. The molecule has 3 rings (SSSR count). The Labute approximate surface area is 183 Å². The van der Waals surface area contributed by atoms with Crippen LogP contribution < -0.4 is 0 Å². The second kappa shape index (κ2) is 8.81. The normalized spacial score (nSPS) is 15.0. The summed E-state index contributed by atoms with van der Waals surface area (Å²) in [6, 6.07) is 7.22. The number of aromatic nitrogens is 1. The fraction of sp³-hybridized carbons (Fsp3) is 0.273. The molecule has 0 atom stereocenters. The van der Waals surface area contributed by atoms with Gasteiger partial charge in [0.1, 0.15) is 6.54 Å². The van der Waals surface area contributed by atoms with Gasteiger partial charge in [-0.15, -0.1) is 0 Å². The van der Waals surface area contributed by atoms with Crippen LogP contribution in [0.2, 0.25) is 0 Å². The number of thioether (sulfide) groups is 1. The molecule has 1 aliphatic rings. The molecule has 0 N–H and O–H groups in total. The van der Waals surface area contributed by atoms with E-state index in [0.717, 1.165) is 44.9 Å². The molecule has 0 aliphatic carbocycles. The van der Waals surface area contributed by atoms with Gasteiger partial charge in [0, 0.05) is 17.1 Å². The highest BCUT2D eigenvalue weighted by Gasteiger charge is 2.36. The number of imide groups is 1. The molecule has 2 heterocycles. The molecule has 1 aromatic heterocycles. The van der Waals surface area contributed by atoms with E-state index in [1.54, 1.807) is 18.2 Å². The summed E-state index contributed by atoms with van der Waals surface area (Å²) in [5.41, 5.74) is 4.80. The highest BCUT2D eigenvalue weighted by molar-refractivity contribution is 8.18. The van der Waals surface area contributed by atoms with Crippen LogP contribution in [0.3, 0.4) is 0 Å². The van der Waals surface area contributed by atoms with Gasteiger partial charge >= 0.3 is 11.9 Å². The van der Waals surface area contributed by atoms with Gasteiger partial charge in [-0.25, -0.2) is 4.79 Å². The number of rotatable bonds is 5. The SMILES string of the molecule is COC(=O)CN1C(=O)SC(=Cc2cc(C)n(-c3ccc(C(=O)OC)cc3C)c2C)C1=O. The monoisotopic (exact) mass is 442 g/mol. The van der Waals surface area contributed by atoms with E-state index in [1.165, 1.54) is 14.2 Å². The summed E-state index contributed by atoms with van der Waals surface area (Å²) in [6.45, 7) is 5.33. The summed E-state index contributed by atoms with van der Waals surface area (Å²) in [5, 5.41) is -0.510. The minimum Gasteiger partial charge on any atom is -0.468 e. The first-order valence-electron chi connectivity index (χ1n) is 9.38. The molecule has 1 fully saturated rings. The van der Waals surface area contributed by atoms with Gasteiger partial charge in [-0.05, 0) is 74.0 Å². The molecule has 0 unspecified atom stereocenters. The summed E-state index contributed by atoms with van der Waals surface area (Å²) in [6.07, 6.45) is 1.65. The Kier molecular flexibility index (Phi) is 6.35. The molecular weight excluding hydrogens is 420 g/mol. The average molecular weight is 442 g/mol.